The lowest BCUT2D eigenvalue weighted by Gasteiger charge is -2.16. The molecular formula is C11H13N3OS. The zero-order chi connectivity index (χ0) is 11.3. The van der Waals surface area contributed by atoms with E-state index in [0.29, 0.717) is 29.8 Å². The Morgan fingerprint density at radius 1 is 1.56 bits per heavy atom. The van der Waals surface area contributed by atoms with Gasteiger partial charge in [-0.2, -0.15) is 0 Å². The fourth-order valence-electron chi connectivity index (χ4n) is 1.99. The third kappa shape index (κ3) is 1.43. The minimum absolute atomic E-state index is 0.297. The van der Waals surface area contributed by atoms with Gasteiger partial charge in [0.25, 0.3) is 0 Å². The van der Waals surface area contributed by atoms with Crippen molar-refractivity contribution in [2.24, 2.45) is 0 Å². The average Bonchev–Trinajstić information content (AvgIpc) is 2.93. The number of aliphatic hydroxyl groups excluding tert-OH is 1. The Balaban J connectivity index is 1.94. The largest absolute Gasteiger partial charge is 0.510 e. The summed E-state index contributed by atoms with van der Waals surface area (Å²) in [6, 6.07) is 0.466. The first-order valence-corrected chi connectivity index (χ1v) is 6.25. The molecule has 0 bridgehead atoms. The van der Waals surface area contributed by atoms with Gasteiger partial charge in [0.15, 0.2) is 0 Å². The van der Waals surface area contributed by atoms with Gasteiger partial charge in [0.05, 0.1) is 12.1 Å². The first kappa shape index (κ1) is 9.84. The number of thiazole rings is 1. The Kier molecular flexibility index (Phi) is 2.04. The van der Waals surface area contributed by atoms with Gasteiger partial charge in [-0.15, -0.1) is 11.3 Å². The second-order valence-electron chi connectivity index (χ2n) is 4.32. The number of hydrogen-bond acceptors (Lipinski definition) is 4. The van der Waals surface area contributed by atoms with Crippen molar-refractivity contribution in [3.05, 3.63) is 21.8 Å². The average molecular weight is 235 g/mol. The summed E-state index contributed by atoms with van der Waals surface area (Å²) in [5.74, 6) is 0.737. The first-order valence-electron chi connectivity index (χ1n) is 5.37. The van der Waals surface area contributed by atoms with Crippen LogP contribution in [0, 0.1) is 12.3 Å². The SMILES string of the molecule is Cc1csc(C2=C(O)CN(C3CC3)C2=N)n1. The molecule has 1 fully saturated rings. The van der Waals surface area contributed by atoms with Crippen LogP contribution in [0.15, 0.2) is 11.1 Å². The maximum absolute atomic E-state index is 9.93. The normalized spacial score (nSPS) is 21.1. The molecule has 3 rings (SSSR count). The monoisotopic (exact) mass is 235 g/mol. The van der Waals surface area contributed by atoms with Crippen molar-refractivity contribution in [3.63, 3.8) is 0 Å². The van der Waals surface area contributed by atoms with Crippen molar-refractivity contribution in [2.75, 3.05) is 6.54 Å². The maximum atomic E-state index is 9.93. The van der Waals surface area contributed by atoms with Crippen LogP contribution >= 0.6 is 11.3 Å². The van der Waals surface area contributed by atoms with E-state index in [0.717, 1.165) is 23.5 Å². The van der Waals surface area contributed by atoms with Crippen LogP contribution in [-0.2, 0) is 0 Å². The number of nitrogens with zero attached hydrogens (tertiary/aromatic N) is 2. The Bertz CT molecular complexity index is 487. The Morgan fingerprint density at radius 3 is 2.88 bits per heavy atom. The molecule has 5 heteroatoms. The number of aliphatic hydroxyl groups is 1. The molecule has 0 amide bonds. The predicted octanol–water partition coefficient (Wildman–Crippen LogP) is 2.18. The molecular weight excluding hydrogens is 222 g/mol. The predicted molar refractivity (Wildman–Crippen MR) is 63.9 cm³/mol. The molecule has 0 unspecified atom stereocenters. The van der Waals surface area contributed by atoms with Gasteiger partial charge in [-0.3, -0.25) is 5.41 Å². The molecule has 0 radical (unpaired) electrons. The third-order valence-corrected chi connectivity index (χ3v) is 3.93. The summed E-state index contributed by atoms with van der Waals surface area (Å²) < 4.78 is 0. The minimum Gasteiger partial charge on any atom is -0.510 e. The molecule has 84 valence electrons. The van der Waals surface area contributed by atoms with E-state index in [9.17, 15) is 5.11 Å². The van der Waals surface area contributed by atoms with Crippen LogP contribution in [0.2, 0.25) is 0 Å². The summed E-state index contributed by atoms with van der Waals surface area (Å²) in [5, 5.41) is 20.7. The van der Waals surface area contributed by atoms with E-state index < -0.39 is 0 Å². The second kappa shape index (κ2) is 3.31. The van der Waals surface area contributed by atoms with Crippen LogP contribution in [0.3, 0.4) is 0 Å². The smallest absolute Gasteiger partial charge is 0.135 e. The summed E-state index contributed by atoms with van der Waals surface area (Å²) in [5.41, 5.74) is 1.57. The van der Waals surface area contributed by atoms with Crippen molar-refractivity contribution in [3.8, 4) is 0 Å². The van der Waals surface area contributed by atoms with E-state index in [4.69, 9.17) is 5.41 Å². The molecule has 2 heterocycles. The Morgan fingerprint density at radius 2 is 2.31 bits per heavy atom. The van der Waals surface area contributed by atoms with Gasteiger partial charge < -0.3 is 10.0 Å². The molecule has 0 spiro atoms. The van der Waals surface area contributed by atoms with Crippen molar-refractivity contribution in [1.29, 1.82) is 5.41 Å². The molecule has 16 heavy (non-hydrogen) atoms. The third-order valence-electron chi connectivity index (χ3n) is 2.95. The van der Waals surface area contributed by atoms with E-state index in [1.165, 1.54) is 11.3 Å². The van der Waals surface area contributed by atoms with Crippen LogP contribution in [0.1, 0.15) is 23.5 Å². The van der Waals surface area contributed by atoms with Gasteiger partial charge in [-0.25, -0.2) is 4.98 Å². The van der Waals surface area contributed by atoms with Crippen LogP contribution in [0.25, 0.3) is 5.57 Å². The topological polar surface area (TPSA) is 60.2 Å². The molecule has 1 aromatic rings. The van der Waals surface area contributed by atoms with Crippen LogP contribution in [0.4, 0.5) is 0 Å². The number of rotatable bonds is 2. The Labute approximate surface area is 97.7 Å². The fraction of sp³-hybridized carbons (Fsp3) is 0.455. The molecule has 1 aliphatic carbocycles. The summed E-state index contributed by atoms with van der Waals surface area (Å²) >= 11 is 1.49. The highest BCUT2D eigenvalue weighted by Gasteiger charge is 2.38. The summed E-state index contributed by atoms with van der Waals surface area (Å²) in [6.07, 6.45) is 2.28. The van der Waals surface area contributed by atoms with E-state index in [1.54, 1.807) is 0 Å². The zero-order valence-electron chi connectivity index (χ0n) is 9.03. The highest BCUT2D eigenvalue weighted by atomic mass is 32.1. The van der Waals surface area contributed by atoms with Crippen molar-refractivity contribution < 1.29 is 5.11 Å². The number of amidine groups is 1. The number of hydrogen-bond donors (Lipinski definition) is 2. The standard InChI is InChI=1S/C11H13N3OS/c1-6-5-16-11(13-6)9-8(15)4-14(10(9)12)7-2-3-7/h5,7,12,15H,2-4H2,1H3. The minimum atomic E-state index is 0.297. The van der Waals surface area contributed by atoms with Gasteiger partial charge in [0, 0.05) is 17.1 Å². The zero-order valence-corrected chi connectivity index (χ0v) is 9.84. The van der Waals surface area contributed by atoms with Crippen LogP contribution < -0.4 is 0 Å². The molecule has 1 aliphatic heterocycles. The molecule has 0 atom stereocenters. The second-order valence-corrected chi connectivity index (χ2v) is 5.18. The lowest BCUT2D eigenvalue weighted by atomic mass is 10.2. The first-order chi connectivity index (χ1) is 7.66. The highest BCUT2D eigenvalue weighted by molar-refractivity contribution is 7.11. The van der Waals surface area contributed by atoms with Crippen LogP contribution in [-0.4, -0.2) is 33.4 Å². The molecule has 0 saturated heterocycles. The van der Waals surface area contributed by atoms with Crippen LogP contribution in [0.5, 0.6) is 0 Å². The molecule has 1 aromatic heterocycles. The summed E-state index contributed by atoms with van der Waals surface area (Å²) in [7, 11) is 0. The summed E-state index contributed by atoms with van der Waals surface area (Å²) in [4.78, 5) is 6.31. The Hall–Kier alpha value is -1.36. The van der Waals surface area contributed by atoms with E-state index in [-0.39, 0.29) is 0 Å². The molecule has 2 N–H and O–H groups in total. The molecule has 4 nitrogen and oxygen atoms in total. The number of aryl methyl sites for hydroxylation is 1. The van der Waals surface area contributed by atoms with E-state index in [2.05, 4.69) is 4.98 Å². The van der Waals surface area contributed by atoms with Gasteiger partial charge >= 0.3 is 0 Å². The summed E-state index contributed by atoms with van der Waals surface area (Å²) in [6.45, 7) is 2.41. The lowest BCUT2D eigenvalue weighted by Crippen LogP contribution is -2.28. The van der Waals surface area contributed by atoms with Gasteiger partial charge in [0.2, 0.25) is 0 Å². The molecule has 1 saturated carbocycles. The van der Waals surface area contributed by atoms with Crippen molar-refractivity contribution in [1.82, 2.24) is 9.88 Å². The van der Waals surface area contributed by atoms with E-state index >= 15 is 0 Å². The van der Waals surface area contributed by atoms with Gasteiger partial charge in [-0.05, 0) is 19.8 Å². The fourth-order valence-corrected chi connectivity index (χ4v) is 2.86. The van der Waals surface area contributed by atoms with Crippen molar-refractivity contribution >= 4 is 22.7 Å². The van der Waals surface area contributed by atoms with E-state index in [1.807, 2.05) is 17.2 Å². The number of nitrogens with one attached hydrogen (secondary N) is 1. The molecule has 2 aliphatic rings. The van der Waals surface area contributed by atoms with Gasteiger partial charge in [0.1, 0.15) is 16.6 Å². The maximum Gasteiger partial charge on any atom is 0.135 e. The number of aromatic nitrogens is 1. The lowest BCUT2D eigenvalue weighted by molar-refractivity contribution is 0.345. The quantitative estimate of drug-likeness (QED) is 0.826. The molecule has 0 aromatic carbocycles. The van der Waals surface area contributed by atoms with Gasteiger partial charge in [-0.1, -0.05) is 0 Å². The van der Waals surface area contributed by atoms with Crippen molar-refractivity contribution in [2.45, 2.75) is 25.8 Å². The highest BCUT2D eigenvalue weighted by Crippen LogP contribution is 2.36.